The molecule has 8 heteroatoms. The van der Waals surface area contributed by atoms with Crippen LogP contribution in [0, 0.1) is 18.6 Å². The van der Waals surface area contributed by atoms with Crippen LogP contribution in [0.1, 0.15) is 22.0 Å². The molecule has 152 valence electrons. The molecule has 1 amide bonds. The van der Waals surface area contributed by atoms with Gasteiger partial charge in [0.25, 0.3) is 5.91 Å². The Hall–Kier alpha value is -3.13. The van der Waals surface area contributed by atoms with Crippen LogP contribution in [0.5, 0.6) is 0 Å². The standard InChI is InChI=1S/C21H23F2N5O/c1-15-24-20(25-28(15)19-10-8-18(23)9-11-19)21(29)27(13-12-26(2)3)14-16-4-6-17(22)7-5-16/h4-11H,12-14H2,1-3H3. The lowest BCUT2D eigenvalue weighted by Gasteiger charge is -2.23. The van der Waals surface area contributed by atoms with Crippen molar-refractivity contribution >= 4 is 5.91 Å². The van der Waals surface area contributed by atoms with Crippen LogP contribution in [-0.4, -0.2) is 57.7 Å². The molecule has 0 N–H and O–H groups in total. The maximum absolute atomic E-state index is 13.2. The minimum Gasteiger partial charge on any atom is -0.330 e. The topological polar surface area (TPSA) is 54.3 Å². The Morgan fingerprint density at radius 3 is 2.14 bits per heavy atom. The van der Waals surface area contributed by atoms with E-state index in [4.69, 9.17) is 0 Å². The number of carbonyl (C=O) groups is 1. The van der Waals surface area contributed by atoms with E-state index in [0.717, 1.165) is 5.56 Å². The molecule has 0 aliphatic heterocycles. The van der Waals surface area contributed by atoms with E-state index in [1.807, 2.05) is 19.0 Å². The van der Waals surface area contributed by atoms with Crippen LogP contribution in [0.25, 0.3) is 5.69 Å². The van der Waals surface area contributed by atoms with E-state index in [0.29, 0.717) is 31.1 Å². The van der Waals surface area contributed by atoms with Crippen molar-refractivity contribution in [2.24, 2.45) is 0 Å². The molecule has 0 unspecified atom stereocenters. The van der Waals surface area contributed by atoms with Gasteiger partial charge in [0, 0.05) is 19.6 Å². The molecule has 0 spiro atoms. The van der Waals surface area contributed by atoms with Crippen molar-refractivity contribution in [2.45, 2.75) is 13.5 Å². The molecule has 3 aromatic rings. The molecule has 0 atom stereocenters. The number of likely N-dealkylation sites (N-methyl/N-ethyl adjacent to an activating group) is 1. The highest BCUT2D eigenvalue weighted by Gasteiger charge is 2.22. The number of aromatic nitrogens is 3. The van der Waals surface area contributed by atoms with Gasteiger partial charge in [0.1, 0.15) is 17.5 Å². The number of nitrogens with zero attached hydrogens (tertiary/aromatic N) is 5. The number of aryl methyl sites for hydroxylation is 1. The minimum atomic E-state index is -0.350. The molecule has 6 nitrogen and oxygen atoms in total. The van der Waals surface area contributed by atoms with Gasteiger partial charge in [0.05, 0.1) is 5.69 Å². The monoisotopic (exact) mass is 399 g/mol. The van der Waals surface area contributed by atoms with Gasteiger partial charge >= 0.3 is 0 Å². The zero-order valence-electron chi connectivity index (χ0n) is 16.6. The fourth-order valence-electron chi connectivity index (χ4n) is 2.83. The maximum atomic E-state index is 13.2. The lowest BCUT2D eigenvalue weighted by molar-refractivity contribution is 0.0719. The van der Waals surface area contributed by atoms with E-state index in [1.54, 1.807) is 36.1 Å². The Labute approximate surface area is 168 Å². The first-order chi connectivity index (χ1) is 13.8. The van der Waals surface area contributed by atoms with E-state index < -0.39 is 0 Å². The van der Waals surface area contributed by atoms with Gasteiger partial charge in [-0.2, -0.15) is 0 Å². The third kappa shape index (κ3) is 5.23. The Kier molecular flexibility index (Phi) is 6.33. The zero-order valence-corrected chi connectivity index (χ0v) is 16.6. The number of rotatable bonds is 7. The summed E-state index contributed by atoms with van der Waals surface area (Å²) in [5, 5.41) is 4.33. The molecule has 2 aromatic carbocycles. The van der Waals surface area contributed by atoms with Crippen molar-refractivity contribution in [3.05, 3.63) is 77.4 Å². The van der Waals surface area contributed by atoms with Crippen molar-refractivity contribution in [2.75, 3.05) is 27.2 Å². The average molecular weight is 399 g/mol. The highest BCUT2D eigenvalue weighted by Crippen LogP contribution is 2.13. The molecule has 0 radical (unpaired) electrons. The fourth-order valence-corrected chi connectivity index (χ4v) is 2.83. The Balaban J connectivity index is 1.85. The summed E-state index contributed by atoms with van der Waals surface area (Å²) in [6.45, 7) is 3.17. The van der Waals surface area contributed by atoms with Crippen LogP contribution < -0.4 is 0 Å². The minimum absolute atomic E-state index is 0.0627. The van der Waals surface area contributed by atoms with E-state index in [-0.39, 0.29) is 23.4 Å². The Morgan fingerprint density at radius 2 is 1.55 bits per heavy atom. The van der Waals surface area contributed by atoms with E-state index in [2.05, 4.69) is 10.1 Å². The Bertz CT molecular complexity index is 968. The molecule has 3 rings (SSSR count). The second kappa shape index (κ2) is 8.91. The predicted octanol–water partition coefficient (Wildman–Crippen LogP) is 3.06. The van der Waals surface area contributed by atoms with Gasteiger partial charge in [0.2, 0.25) is 5.82 Å². The molecule has 0 aliphatic carbocycles. The molecule has 0 saturated heterocycles. The first kappa shape index (κ1) is 20.6. The van der Waals surface area contributed by atoms with Gasteiger partial charge in [-0.15, -0.1) is 5.10 Å². The molecular formula is C21H23F2N5O. The summed E-state index contributed by atoms with van der Waals surface area (Å²) >= 11 is 0. The summed E-state index contributed by atoms with van der Waals surface area (Å²) in [7, 11) is 3.85. The lowest BCUT2D eigenvalue weighted by Crippen LogP contribution is -2.36. The number of carbonyl (C=O) groups excluding carboxylic acids is 1. The van der Waals surface area contributed by atoms with Gasteiger partial charge in [-0.1, -0.05) is 12.1 Å². The maximum Gasteiger partial charge on any atom is 0.293 e. The van der Waals surface area contributed by atoms with Crippen LogP contribution in [-0.2, 0) is 6.54 Å². The van der Waals surface area contributed by atoms with Gasteiger partial charge in [-0.25, -0.2) is 18.4 Å². The molecule has 0 fully saturated rings. The van der Waals surface area contributed by atoms with Crippen molar-refractivity contribution in [1.29, 1.82) is 0 Å². The molecule has 1 aromatic heterocycles. The second-order valence-corrected chi connectivity index (χ2v) is 7.03. The van der Waals surface area contributed by atoms with Crippen LogP contribution in [0.15, 0.2) is 48.5 Å². The fraction of sp³-hybridized carbons (Fsp3) is 0.286. The number of benzene rings is 2. The van der Waals surface area contributed by atoms with Gasteiger partial charge in [0.15, 0.2) is 0 Å². The average Bonchev–Trinajstić information content (AvgIpc) is 3.08. The second-order valence-electron chi connectivity index (χ2n) is 7.03. The molecule has 29 heavy (non-hydrogen) atoms. The first-order valence-electron chi connectivity index (χ1n) is 9.21. The summed E-state index contributed by atoms with van der Waals surface area (Å²) in [5.41, 5.74) is 1.43. The van der Waals surface area contributed by atoms with Crippen LogP contribution in [0.2, 0.25) is 0 Å². The summed E-state index contributed by atoms with van der Waals surface area (Å²) in [4.78, 5) is 21.0. The van der Waals surface area contributed by atoms with Gasteiger partial charge in [-0.05, 0) is 63.0 Å². The number of hydrogen-bond donors (Lipinski definition) is 0. The summed E-state index contributed by atoms with van der Waals surface area (Å²) < 4.78 is 27.9. The SMILES string of the molecule is Cc1nc(C(=O)N(CCN(C)C)Cc2ccc(F)cc2)nn1-c1ccc(F)cc1. The van der Waals surface area contributed by atoms with Gasteiger partial charge in [-0.3, -0.25) is 4.79 Å². The quantitative estimate of drug-likeness (QED) is 0.613. The normalized spacial score (nSPS) is 11.1. The van der Waals surface area contributed by atoms with Crippen molar-refractivity contribution in [1.82, 2.24) is 24.6 Å². The summed E-state index contributed by atoms with van der Waals surface area (Å²) in [6, 6.07) is 11.9. The van der Waals surface area contributed by atoms with Crippen LogP contribution in [0.3, 0.4) is 0 Å². The smallest absolute Gasteiger partial charge is 0.293 e. The van der Waals surface area contributed by atoms with Crippen molar-refractivity contribution in [3.63, 3.8) is 0 Å². The predicted molar refractivity (Wildman–Crippen MR) is 106 cm³/mol. The molecule has 0 aliphatic rings. The van der Waals surface area contributed by atoms with Gasteiger partial charge < -0.3 is 9.80 Å². The van der Waals surface area contributed by atoms with Crippen molar-refractivity contribution < 1.29 is 13.6 Å². The largest absolute Gasteiger partial charge is 0.330 e. The van der Waals surface area contributed by atoms with E-state index in [1.165, 1.54) is 28.9 Å². The number of amides is 1. The first-order valence-corrected chi connectivity index (χ1v) is 9.21. The van der Waals surface area contributed by atoms with E-state index >= 15 is 0 Å². The van der Waals surface area contributed by atoms with Crippen LogP contribution in [0.4, 0.5) is 8.78 Å². The lowest BCUT2D eigenvalue weighted by atomic mass is 10.2. The summed E-state index contributed by atoms with van der Waals surface area (Å²) in [6.07, 6.45) is 0. The third-order valence-electron chi connectivity index (χ3n) is 4.42. The highest BCUT2D eigenvalue weighted by atomic mass is 19.1. The molecular weight excluding hydrogens is 376 g/mol. The molecule has 1 heterocycles. The van der Waals surface area contributed by atoms with E-state index in [9.17, 15) is 13.6 Å². The number of hydrogen-bond acceptors (Lipinski definition) is 4. The van der Waals surface area contributed by atoms with Crippen molar-refractivity contribution in [3.8, 4) is 5.69 Å². The third-order valence-corrected chi connectivity index (χ3v) is 4.42. The highest BCUT2D eigenvalue weighted by molar-refractivity contribution is 5.90. The zero-order chi connectivity index (χ0) is 21.0. The molecule has 0 bridgehead atoms. The summed E-state index contributed by atoms with van der Waals surface area (Å²) in [5.74, 6) is -0.408. The Morgan fingerprint density at radius 1 is 0.966 bits per heavy atom. The molecule has 0 saturated carbocycles. The number of halogens is 2. The van der Waals surface area contributed by atoms with Crippen LogP contribution >= 0.6 is 0 Å².